The third-order valence-corrected chi connectivity index (χ3v) is 4.72. The van der Waals surface area contributed by atoms with Crippen LogP contribution in [0.1, 0.15) is 12.5 Å². The van der Waals surface area contributed by atoms with E-state index in [0.29, 0.717) is 12.2 Å². The van der Waals surface area contributed by atoms with E-state index in [1.807, 2.05) is 6.92 Å². The van der Waals surface area contributed by atoms with Gasteiger partial charge in [0.1, 0.15) is 0 Å². The molecule has 0 spiro atoms. The van der Waals surface area contributed by atoms with Gasteiger partial charge in [0.25, 0.3) is 0 Å². The largest absolute Gasteiger partial charge is 0.383 e. The number of hydrogen-bond donors (Lipinski definition) is 2. The number of hydrogen-bond acceptors (Lipinski definition) is 4. The fraction of sp³-hybridized carbons (Fsp3) is 0.500. The Morgan fingerprint density at radius 3 is 2.68 bits per heavy atom. The molecule has 0 aliphatic carbocycles. The van der Waals surface area contributed by atoms with Gasteiger partial charge in [-0.05, 0) is 31.7 Å². The molecule has 8 heteroatoms. The molecule has 0 aliphatic heterocycles. The van der Waals surface area contributed by atoms with E-state index in [9.17, 15) is 13.2 Å². The third kappa shape index (κ3) is 4.97. The number of ether oxygens (including phenoxy) is 1. The number of likely N-dealkylation sites (N-methyl/N-ethyl adjacent to an activating group) is 1. The zero-order valence-electron chi connectivity index (χ0n) is 13.3. The van der Waals surface area contributed by atoms with Crippen molar-refractivity contribution in [1.29, 1.82) is 0 Å². The van der Waals surface area contributed by atoms with Crippen LogP contribution in [0.4, 0.5) is 4.79 Å². The number of carbonyl (C=O) groups excluding carboxylic acids is 1. The van der Waals surface area contributed by atoms with E-state index in [0.717, 1.165) is 0 Å². The first-order valence-corrected chi connectivity index (χ1v) is 8.32. The smallest absolute Gasteiger partial charge is 0.317 e. The van der Waals surface area contributed by atoms with E-state index >= 15 is 0 Å². The number of sulfonamides is 1. The molecule has 0 aromatic heterocycles. The van der Waals surface area contributed by atoms with Gasteiger partial charge < -0.3 is 15.0 Å². The first kappa shape index (κ1) is 18.4. The molecular weight excluding hydrogens is 306 g/mol. The Balaban J connectivity index is 2.69. The Kier molecular flexibility index (Phi) is 6.79. The quantitative estimate of drug-likeness (QED) is 0.773. The molecule has 2 amide bonds. The van der Waals surface area contributed by atoms with Gasteiger partial charge in [-0.1, -0.05) is 12.1 Å². The van der Waals surface area contributed by atoms with Crippen molar-refractivity contribution < 1.29 is 17.9 Å². The summed E-state index contributed by atoms with van der Waals surface area (Å²) in [4.78, 5) is 13.7. The fourth-order valence-corrected chi connectivity index (χ4v) is 2.60. The summed E-state index contributed by atoms with van der Waals surface area (Å²) in [5.74, 6) is 0. The number of urea groups is 1. The van der Waals surface area contributed by atoms with Crippen LogP contribution in [0.15, 0.2) is 29.2 Å². The molecule has 0 saturated carbocycles. The van der Waals surface area contributed by atoms with E-state index in [1.54, 1.807) is 26.3 Å². The van der Waals surface area contributed by atoms with Crippen molar-refractivity contribution in [2.45, 2.75) is 24.4 Å². The van der Waals surface area contributed by atoms with Gasteiger partial charge in [0.15, 0.2) is 0 Å². The van der Waals surface area contributed by atoms with Gasteiger partial charge in [0, 0.05) is 20.7 Å². The predicted molar refractivity (Wildman–Crippen MR) is 84.0 cm³/mol. The summed E-state index contributed by atoms with van der Waals surface area (Å²) in [6.45, 7) is 2.57. The molecule has 124 valence electrons. The molecule has 1 atom stereocenters. The van der Waals surface area contributed by atoms with Crippen LogP contribution >= 0.6 is 0 Å². The molecule has 0 unspecified atom stereocenters. The van der Waals surface area contributed by atoms with E-state index in [2.05, 4.69) is 10.0 Å². The summed E-state index contributed by atoms with van der Waals surface area (Å²) in [6, 6.07) is 6.14. The van der Waals surface area contributed by atoms with Crippen molar-refractivity contribution in [3.05, 3.63) is 29.8 Å². The molecule has 1 rings (SSSR count). The molecule has 1 aromatic carbocycles. The van der Waals surface area contributed by atoms with Crippen molar-refractivity contribution in [2.75, 3.05) is 27.8 Å². The van der Waals surface area contributed by atoms with Gasteiger partial charge in [-0.2, -0.15) is 0 Å². The van der Waals surface area contributed by atoms with Crippen LogP contribution in [0, 0.1) is 0 Å². The number of amides is 2. The lowest BCUT2D eigenvalue weighted by molar-refractivity contribution is 0.123. The monoisotopic (exact) mass is 329 g/mol. The number of methoxy groups -OCH3 is 1. The minimum absolute atomic E-state index is 0.0546. The van der Waals surface area contributed by atoms with Gasteiger partial charge >= 0.3 is 6.03 Å². The van der Waals surface area contributed by atoms with Crippen molar-refractivity contribution in [3.8, 4) is 0 Å². The summed E-state index contributed by atoms with van der Waals surface area (Å²) in [5.41, 5.74) is 0.706. The molecule has 0 bridgehead atoms. The molecular formula is C14H23N3O4S. The average Bonchev–Trinajstić information content (AvgIpc) is 2.52. The molecule has 22 heavy (non-hydrogen) atoms. The molecule has 1 aromatic rings. The fourth-order valence-electron chi connectivity index (χ4n) is 1.80. The number of nitrogens with zero attached hydrogens (tertiary/aromatic N) is 1. The highest BCUT2D eigenvalue weighted by atomic mass is 32.2. The van der Waals surface area contributed by atoms with Crippen LogP contribution in [0.3, 0.4) is 0 Å². The second-order valence-electron chi connectivity index (χ2n) is 4.93. The zero-order chi connectivity index (χ0) is 16.8. The van der Waals surface area contributed by atoms with E-state index in [-0.39, 0.29) is 23.5 Å². The Labute approximate surface area is 131 Å². The highest BCUT2D eigenvalue weighted by molar-refractivity contribution is 7.89. The van der Waals surface area contributed by atoms with Crippen LogP contribution in [-0.4, -0.2) is 53.2 Å². The normalized spacial score (nSPS) is 12.7. The third-order valence-electron chi connectivity index (χ3n) is 3.31. The second kappa shape index (κ2) is 8.11. The van der Waals surface area contributed by atoms with Crippen molar-refractivity contribution >= 4 is 16.1 Å². The summed E-state index contributed by atoms with van der Waals surface area (Å²) >= 11 is 0. The number of carbonyl (C=O) groups is 1. The van der Waals surface area contributed by atoms with E-state index in [1.165, 1.54) is 24.1 Å². The van der Waals surface area contributed by atoms with Crippen molar-refractivity contribution in [2.24, 2.45) is 0 Å². The first-order chi connectivity index (χ1) is 10.3. The van der Waals surface area contributed by atoms with Crippen molar-refractivity contribution in [1.82, 2.24) is 14.9 Å². The summed E-state index contributed by atoms with van der Waals surface area (Å²) in [7, 11) is 1.13. The Morgan fingerprint density at radius 2 is 2.09 bits per heavy atom. The van der Waals surface area contributed by atoms with Gasteiger partial charge in [-0.25, -0.2) is 17.9 Å². The maximum absolute atomic E-state index is 12.0. The minimum Gasteiger partial charge on any atom is -0.383 e. The van der Waals surface area contributed by atoms with Crippen LogP contribution in [-0.2, 0) is 21.3 Å². The maximum atomic E-state index is 12.0. The highest BCUT2D eigenvalue weighted by Gasteiger charge is 2.16. The standard InChI is InChI=1S/C14H23N3O4S/c1-11(10-21-4)17(3)14(18)16-9-12-6-5-7-13(8-12)22(19,20)15-2/h5-8,11,15H,9-10H2,1-4H3,(H,16,18)/t11-/m1/s1. The van der Waals surface area contributed by atoms with Crippen LogP contribution in [0.5, 0.6) is 0 Å². The maximum Gasteiger partial charge on any atom is 0.317 e. The van der Waals surface area contributed by atoms with Gasteiger partial charge in [0.2, 0.25) is 10.0 Å². The van der Waals surface area contributed by atoms with Crippen molar-refractivity contribution in [3.63, 3.8) is 0 Å². The van der Waals surface area contributed by atoms with Gasteiger partial charge in [-0.3, -0.25) is 0 Å². The van der Waals surface area contributed by atoms with Gasteiger partial charge in [0.05, 0.1) is 17.5 Å². The topological polar surface area (TPSA) is 87.7 Å². The molecule has 0 fully saturated rings. The number of benzene rings is 1. The summed E-state index contributed by atoms with van der Waals surface area (Å²) in [5, 5.41) is 2.75. The Hall–Kier alpha value is -1.64. The molecule has 0 aliphatic rings. The molecule has 2 N–H and O–H groups in total. The Bertz CT molecular complexity index is 604. The lowest BCUT2D eigenvalue weighted by Crippen LogP contribution is -2.43. The average molecular weight is 329 g/mol. The second-order valence-corrected chi connectivity index (χ2v) is 6.82. The zero-order valence-corrected chi connectivity index (χ0v) is 14.1. The summed E-state index contributed by atoms with van der Waals surface area (Å²) in [6.07, 6.45) is 0. The number of rotatable bonds is 7. The van der Waals surface area contributed by atoms with Crippen LogP contribution in [0.2, 0.25) is 0 Å². The molecule has 0 radical (unpaired) electrons. The molecule has 0 heterocycles. The molecule has 0 saturated heterocycles. The van der Waals surface area contributed by atoms with Gasteiger partial charge in [-0.15, -0.1) is 0 Å². The summed E-state index contributed by atoms with van der Waals surface area (Å²) < 4.78 is 30.7. The van der Waals surface area contributed by atoms with Crippen LogP contribution in [0.25, 0.3) is 0 Å². The highest BCUT2D eigenvalue weighted by Crippen LogP contribution is 2.11. The van der Waals surface area contributed by atoms with E-state index in [4.69, 9.17) is 4.74 Å². The minimum atomic E-state index is -3.49. The SMILES string of the molecule is CNS(=O)(=O)c1cccc(CNC(=O)N(C)[C@H](C)COC)c1. The van der Waals surface area contributed by atoms with Crippen LogP contribution < -0.4 is 10.0 Å². The lowest BCUT2D eigenvalue weighted by Gasteiger charge is -2.24. The molecule has 7 nitrogen and oxygen atoms in total. The lowest BCUT2D eigenvalue weighted by atomic mass is 10.2. The predicted octanol–water partition coefficient (Wildman–Crippen LogP) is 0.771. The number of nitrogens with one attached hydrogen (secondary N) is 2. The van der Waals surface area contributed by atoms with E-state index < -0.39 is 10.0 Å². The Morgan fingerprint density at radius 1 is 1.41 bits per heavy atom. The first-order valence-electron chi connectivity index (χ1n) is 6.84.